The number of urea groups is 1. The summed E-state index contributed by atoms with van der Waals surface area (Å²) >= 11 is 0. The zero-order valence-corrected chi connectivity index (χ0v) is 13.7. The number of nitrogens with zero attached hydrogens (tertiary/aromatic N) is 3. The molecule has 1 unspecified atom stereocenters. The summed E-state index contributed by atoms with van der Waals surface area (Å²) in [6, 6.07) is 9.85. The molecule has 0 fully saturated rings. The summed E-state index contributed by atoms with van der Waals surface area (Å²) in [5.74, 6) is 0. The third-order valence-electron chi connectivity index (χ3n) is 4.61. The smallest absolute Gasteiger partial charge is 0.319 e. The van der Waals surface area contributed by atoms with Gasteiger partial charge in [0.15, 0.2) is 5.65 Å². The van der Waals surface area contributed by atoms with Gasteiger partial charge in [0.25, 0.3) is 0 Å². The van der Waals surface area contributed by atoms with Crippen LogP contribution in [-0.2, 0) is 5.41 Å². The summed E-state index contributed by atoms with van der Waals surface area (Å²) in [7, 11) is 0. The van der Waals surface area contributed by atoms with Crippen LogP contribution in [0.1, 0.15) is 37.4 Å². The lowest BCUT2D eigenvalue weighted by Crippen LogP contribution is -2.32. The van der Waals surface area contributed by atoms with E-state index in [4.69, 9.17) is 0 Å². The van der Waals surface area contributed by atoms with Crippen LogP contribution in [0, 0.1) is 0 Å². The molecule has 1 aliphatic carbocycles. The first-order chi connectivity index (χ1) is 11.5. The number of hydrogen-bond acceptors (Lipinski definition) is 3. The second kappa shape index (κ2) is 5.33. The maximum atomic E-state index is 12.4. The molecule has 0 saturated carbocycles. The highest BCUT2D eigenvalue weighted by atomic mass is 16.2. The van der Waals surface area contributed by atoms with Gasteiger partial charge >= 0.3 is 6.03 Å². The molecule has 24 heavy (non-hydrogen) atoms. The van der Waals surface area contributed by atoms with Gasteiger partial charge in [-0.1, -0.05) is 38.1 Å². The Labute approximate surface area is 139 Å². The van der Waals surface area contributed by atoms with Crippen molar-refractivity contribution >= 4 is 17.4 Å². The molecule has 1 atom stereocenters. The molecular formula is C18H19N5O. The van der Waals surface area contributed by atoms with Gasteiger partial charge in [0.1, 0.15) is 5.69 Å². The van der Waals surface area contributed by atoms with Gasteiger partial charge in [-0.2, -0.15) is 5.10 Å². The highest BCUT2D eigenvalue weighted by Crippen LogP contribution is 2.44. The van der Waals surface area contributed by atoms with Gasteiger partial charge in [0.05, 0.1) is 12.2 Å². The van der Waals surface area contributed by atoms with E-state index in [1.807, 2.05) is 12.1 Å². The van der Waals surface area contributed by atoms with Gasteiger partial charge in [0.2, 0.25) is 0 Å². The van der Waals surface area contributed by atoms with Gasteiger partial charge in [-0.25, -0.2) is 14.3 Å². The number of aromatic nitrogens is 3. The highest BCUT2D eigenvalue weighted by molar-refractivity contribution is 5.93. The number of carbonyl (C=O) groups is 1. The number of anilines is 1. The Morgan fingerprint density at radius 1 is 1.29 bits per heavy atom. The summed E-state index contributed by atoms with van der Waals surface area (Å²) in [6.07, 6.45) is 5.96. The van der Waals surface area contributed by atoms with Crippen molar-refractivity contribution in [1.29, 1.82) is 0 Å². The molecule has 6 nitrogen and oxygen atoms in total. The van der Waals surface area contributed by atoms with Gasteiger partial charge < -0.3 is 10.6 Å². The van der Waals surface area contributed by atoms with E-state index in [1.165, 1.54) is 11.1 Å². The van der Waals surface area contributed by atoms with E-state index in [9.17, 15) is 4.79 Å². The van der Waals surface area contributed by atoms with E-state index < -0.39 is 0 Å². The summed E-state index contributed by atoms with van der Waals surface area (Å²) in [6.45, 7) is 4.42. The zero-order chi connectivity index (χ0) is 16.7. The molecule has 3 aromatic rings. The van der Waals surface area contributed by atoms with Gasteiger partial charge in [-0.3, -0.25) is 0 Å². The average Bonchev–Trinajstić information content (AvgIpc) is 3.08. The summed E-state index contributed by atoms with van der Waals surface area (Å²) in [5.41, 5.74) is 3.77. The standard InChI is InChI=1S/C18H19N5O/c1-18(2)10-14(12-6-3-4-7-13(12)18)21-17(24)22-15-11-20-23-9-5-8-19-16(15)23/h3-9,11,14H,10H2,1-2H3,(H2,21,22,24). The van der Waals surface area contributed by atoms with Crippen molar-refractivity contribution in [2.45, 2.75) is 31.7 Å². The first-order valence-electron chi connectivity index (χ1n) is 8.00. The molecule has 2 aromatic heterocycles. The van der Waals surface area contributed by atoms with Crippen molar-refractivity contribution in [3.8, 4) is 0 Å². The molecule has 0 spiro atoms. The number of nitrogens with one attached hydrogen (secondary N) is 2. The van der Waals surface area contributed by atoms with Crippen LogP contribution in [-0.4, -0.2) is 20.6 Å². The molecule has 0 saturated heterocycles. The van der Waals surface area contributed by atoms with Crippen molar-refractivity contribution in [3.05, 3.63) is 60.0 Å². The van der Waals surface area contributed by atoms with Crippen LogP contribution in [0.5, 0.6) is 0 Å². The van der Waals surface area contributed by atoms with Crippen LogP contribution in [0.15, 0.2) is 48.9 Å². The summed E-state index contributed by atoms with van der Waals surface area (Å²) in [5, 5.41) is 10.1. The predicted molar refractivity (Wildman–Crippen MR) is 92.0 cm³/mol. The predicted octanol–water partition coefficient (Wildman–Crippen LogP) is 3.27. The quantitative estimate of drug-likeness (QED) is 0.761. The van der Waals surface area contributed by atoms with E-state index in [-0.39, 0.29) is 17.5 Å². The fourth-order valence-electron chi connectivity index (χ4n) is 3.51. The Kier molecular flexibility index (Phi) is 3.26. The third kappa shape index (κ3) is 2.40. The fraction of sp³-hybridized carbons (Fsp3) is 0.278. The average molecular weight is 321 g/mol. The topological polar surface area (TPSA) is 71.3 Å². The Balaban J connectivity index is 1.53. The highest BCUT2D eigenvalue weighted by Gasteiger charge is 2.37. The fourth-order valence-corrected chi connectivity index (χ4v) is 3.51. The van der Waals surface area contributed by atoms with Crippen LogP contribution in [0.3, 0.4) is 0 Å². The number of benzene rings is 1. The van der Waals surface area contributed by atoms with E-state index >= 15 is 0 Å². The Morgan fingerprint density at radius 3 is 3.00 bits per heavy atom. The minimum Gasteiger partial charge on any atom is -0.331 e. The second-order valence-electron chi connectivity index (χ2n) is 6.77. The van der Waals surface area contributed by atoms with Crippen LogP contribution < -0.4 is 10.6 Å². The number of rotatable bonds is 2. The molecule has 4 rings (SSSR count). The van der Waals surface area contributed by atoms with E-state index in [0.29, 0.717) is 11.3 Å². The molecule has 0 radical (unpaired) electrons. The lowest BCUT2D eigenvalue weighted by atomic mass is 9.86. The first kappa shape index (κ1) is 14.7. The van der Waals surface area contributed by atoms with Crippen molar-refractivity contribution < 1.29 is 4.79 Å². The molecule has 2 amide bonds. The molecule has 1 aliphatic rings. The second-order valence-corrected chi connectivity index (χ2v) is 6.77. The third-order valence-corrected chi connectivity index (χ3v) is 4.61. The molecule has 0 aliphatic heterocycles. The van der Waals surface area contributed by atoms with Crippen LogP contribution >= 0.6 is 0 Å². The van der Waals surface area contributed by atoms with Gasteiger partial charge in [-0.05, 0) is 29.0 Å². The SMILES string of the molecule is CC1(C)CC(NC(=O)Nc2cnn3cccnc23)c2ccccc21. The van der Waals surface area contributed by atoms with Crippen molar-refractivity contribution in [2.24, 2.45) is 0 Å². The lowest BCUT2D eigenvalue weighted by molar-refractivity contribution is 0.247. The molecule has 2 heterocycles. The lowest BCUT2D eigenvalue weighted by Gasteiger charge is -2.19. The maximum absolute atomic E-state index is 12.4. The van der Waals surface area contributed by atoms with Crippen LogP contribution in [0.25, 0.3) is 5.65 Å². The first-order valence-corrected chi connectivity index (χ1v) is 8.00. The summed E-state index contributed by atoms with van der Waals surface area (Å²) < 4.78 is 1.63. The molecular weight excluding hydrogens is 302 g/mol. The van der Waals surface area contributed by atoms with E-state index in [0.717, 1.165) is 6.42 Å². The van der Waals surface area contributed by atoms with Crippen molar-refractivity contribution in [1.82, 2.24) is 19.9 Å². The molecule has 0 bridgehead atoms. The summed E-state index contributed by atoms with van der Waals surface area (Å²) in [4.78, 5) is 16.7. The Morgan fingerprint density at radius 2 is 2.12 bits per heavy atom. The Hall–Kier alpha value is -2.89. The van der Waals surface area contributed by atoms with Crippen LogP contribution in [0.2, 0.25) is 0 Å². The number of hydrogen-bond donors (Lipinski definition) is 2. The molecule has 1 aromatic carbocycles. The van der Waals surface area contributed by atoms with Crippen molar-refractivity contribution in [2.75, 3.05) is 5.32 Å². The Bertz CT molecular complexity index is 914. The normalized spacial score (nSPS) is 18.3. The molecule has 6 heteroatoms. The largest absolute Gasteiger partial charge is 0.331 e. The van der Waals surface area contributed by atoms with E-state index in [1.54, 1.807) is 29.2 Å². The minimum atomic E-state index is -0.243. The minimum absolute atomic E-state index is 0.00555. The van der Waals surface area contributed by atoms with Crippen molar-refractivity contribution in [3.63, 3.8) is 0 Å². The van der Waals surface area contributed by atoms with Crippen LogP contribution in [0.4, 0.5) is 10.5 Å². The number of fused-ring (bicyclic) bond motifs is 2. The number of amides is 2. The maximum Gasteiger partial charge on any atom is 0.319 e. The molecule has 122 valence electrons. The molecule has 2 N–H and O–H groups in total. The van der Waals surface area contributed by atoms with E-state index in [2.05, 4.69) is 46.7 Å². The monoisotopic (exact) mass is 321 g/mol. The number of carbonyl (C=O) groups excluding carboxylic acids is 1. The van der Waals surface area contributed by atoms with Gasteiger partial charge in [-0.15, -0.1) is 0 Å². The zero-order valence-electron chi connectivity index (χ0n) is 13.7. The van der Waals surface area contributed by atoms with Gasteiger partial charge in [0, 0.05) is 12.4 Å².